The fourth-order valence-electron chi connectivity index (χ4n) is 2.80. The fourth-order valence-corrected chi connectivity index (χ4v) is 2.80. The Morgan fingerprint density at radius 3 is 2.62 bits per heavy atom. The highest BCUT2D eigenvalue weighted by atomic mass is 16.6. The van der Waals surface area contributed by atoms with Gasteiger partial charge in [-0.15, -0.1) is 0 Å². The number of carbonyl (C=O) groups excluding carboxylic acids is 2. The normalized spacial score (nSPS) is 11.9. The topological polar surface area (TPSA) is 143 Å². The van der Waals surface area contributed by atoms with Crippen LogP contribution in [0, 0.1) is 23.0 Å². The number of nitro groups is 1. The van der Waals surface area contributed by atoms with E-state index in [0.717, 1.165) is 30.0 Å². The largest absolute Gasteiger partial charge is 0.507 e. The van der Waals surface area contributed by atoms with Crippen LogP contribution >= 0.6 is 0 Å². The highest BCUT2D eigenvalue weighted by Crippen LogP contribution is 2.21. The third kappa shape index (κ3) is 7.38. The second-order valence-corrected chi connectivity index (χ2v) is 7.54. The Labute approximate surface area is 185 Å². The molecular weight excluding hydrogens is 416 g/mol. The van der Waals surface area contributed by atoms with Crippen molar-refractivity contribution in [3.8, 4) is 11.5 Å². The number of amides is 2. The Bertz CT molecular complexity index is 1010. The lowest BCUT2D eigenvalue weighted by atomic mass is 10.0. The monoisotopic (exact) mass is 442 g/mol. The summed E-state index contributed by atoms with van der Waals surface area (Å²) in [6.07, 6.45) is 1.45. The van der Waals surface area contributed by atoms with Crippen LogP contribution in [0.3, 0.4) is 0 Å². The van der Waals surface area contributed by atoms with Gasteiger partial charge in [-0.1, -0.05) is 32.0 Å². The van der Waals surface area contributed by atoms with Gasteiger partial charge in [0, 0.05) is 17.7 Å². The summed E-state index contributed by atoms with van der Waals surface area (Å²) in [6, 6.07) is 9.85. The average molecular weight is 442 g/mol. The van der Waals surface area contributed by atoms with Crippen molar-refractivity contribution in [3.63, 3.8) is 0 Å². The summed E-state index contributed by atoms with van der Waals surface area (Å²) in [5, 5.41) is 27.1. The zero-order valence-electron chi connectivity index (χ0n) is 18.1. The minimum atomic E-state index is -0.862. The molecule has 2 aromatic carbocycles. The van der Waals surface area contributed by atoms with Crippen LogP contribution in [0.25, 0.3) is 0 Å². The Balaban J connectivity index is 1.99. The summed E-state index contributed by atoms with van der Waals surface area (Å²) in [5.74, 6) is -0.575. The molecule has 2 amide bonds. The van der Waals surface area contributed by atoms with Crippen molar-refractivity contribution in [2.45, 2.75) is 33.2 Å². The SMILES string of the molecule is Cc1ccccc1OCC(=O)N[C@H](CC(C)C)C(=O)N/N=C\c1cc([N+](=O)[O-])ccc1O. The van der Waals surface area contributed by atoms with Crippen LogP contribution in [0.15, 0.2) is 47.6 Å². The first-order valence-electron chi connectivity index (χ1n) is 9.95. The number of nitrogens with one attached hydrogen (secondary N) is 2. The summed E-state index contributed by atoms with van der Waals surface area (Å²) in [6.45, 7) is 5.41. The van der Waals surface area contributed by atoms with Crippen LogP contribution in [0.1, 0.15) is 31.4 Å². The van der Waals surface area contributed by atoms with E-state index in [1.54, 1.807) is 12.1 Å². The second-order valence-electron chi connectivity index (χ2n) is 7.54. The number of non-ortho nitro benzene ring substituents is 1. The maximum atomic E-state index is 12.5. The second kappa shape index (κ2) is 11.4. The van der Waals surface area contributed by atoms with Gasteiger partial charge in [-0.25, -0.2) is 5.43 Å². The molecule has 0 heterocycles. The molecule has 0 radical (unpaired) electrons. The number of aromatic hydroxyl groups is 1. The molecule has 0 aliphatic heterocycles. The van der Waals surface area contributed by atoms with Crippen molar-refractivity contribution < 1.29 is 24.4 Å². The maximum absolute atomic E-state index is 12.5. The van der Waals surface area contributed by atoms with E-state index in [0.29, 0.717) is 12.2 Å². The number of carbonyl (C=O) groups is 2. The molecule has 0 fully saturated rings. The Hall–Kier alpha value is -3.95. The molecule has 0 aliphatic carbocycles. The predicted molar refractivity (Wildman–Crippen MR) is 119 cm³/mol. The Morgan fingerprint density at radius 2 is 1.97 bits per heavy atom. The molecule has 0 aliphatic rings. The van der Waals surface area contributed by atoms with E-state index < -0.39 is 22.8 Å². The molecule has 10 nitrogen and oxygen atoms in total. The van der Waals surface area contributed by atoms with Crippen LogP contribution in [-0.2, 0) is 9.59 Å². The lowest BCUT2D eigenvalue weighted by molar-refractivity contribution is -0.384. The van der Waals surface area contributed by atoms with E-state index in [1.807, 2.05) is 32.9 Å². The van der Waals surface area contributed by atoms with Crippen LogP contribution in [0.2, 0.25) is 0 Å². The van der Waals surface area contributed by atoms with E-state index in [1.165, 1.54) is 0 Å². The van der Waals surface area contributed by atoms with E-state index in [2.05, 4.69) is 15.8 Å². The molecule has 10 heteroatoms. The Kier molecular flexibility index (Phi) is 8.70. The lowest BCUT2D eigenvalue weighted by Gasteiger charge is -2.19. The number of phenols is 1. The van der Waals surface area contributed by atoms with Gasteiger partial charge in [-0.3, -0.25) is 19.7 Å². The van der Waals surface area contributed by atoms with Crippen molar-refractivity contribution in [2.75, 3.05) is 6.61 Å². The average Bonchev–Trinajstić information content (AvgIpc) is 2.73. The zero-order chi connectivity index (χ0) is 23.7. The van der Waals surface area contributed by atoms with Gasteiger partial charge in [0.2, 0.25) is 0 Å². The molecule has 0 unspecified atom stereocenters. The molecule has 2 rings (SSSR count). The maximum Gasteiger partial charge on any atom is 0.270 e. The van der Waals surface area contributed by atoms with Gasteiger partial charge in [0.05, 0.1) is 11.1 Å². The van der Waals surface area contributed by atoms with Crippen LogP contribution in [0.4, 0.5) is 5.69 Å². The minimum absolute atomic E-state index is 0.0653. The number of benzene rings is 2. The Morgan fingerprint density at radius 1 is 1.25 bits per heavy atom. The quantitative estimate of drug-likeness (QED) is 0.293. The molecule has 1 atom stereocenters. The number of nitrogens with zero attached hydrogens (tertiary/aromatic N) is 2. The number of ether oxygens (including phenoxy) is 1. The van der Waals surface area contributed by atoms with Crippen molar-refractivity contribution in [1.82, 2.24) is 10.7 Å². The first kappa shape index (κ1) is 24.3. The van der Waals surface area contributed by atoms with E-state index in [4.69, 9.17) is 4.74 Å². The molecule has 170 valence electrons. The minimum Gasteiger partial charge on any atom is -0.507 e. The van der Waals surface area contributed by atoms with Gasteiger partial charge in [0.1, 0.15) is 17.5 Å². The van der Waals surface area contributed by atoms with Crippen molar-refractivity contribution in [2.24, 2.45) is 11.0 Å². The number of nitro benzene ring substituents is 1. The van der Waals surface area contributed by atoms with E-state index in [-0.39, 0.29) is 29.5 Å². The van der Waals surface area contributed by atoms with E-state index >= 15 is 0 Å². The lowest BCUT2D eigenvalue weighted by Crippen LogP contribution is -2.47. The number of phenolic OH excluding ortho intramolecular Hbond substituents is 1. The molecule has 0 aromatic heterocycles. The van der Waals surface area contributed by atoms with Crippen molar-refractivity contribution >= 4 is 23.7 Å². The number of hydrogen-bond donors (Lipinski definition) is 3. The molecule has 2 aromatic rings. The molecule has 0 bridgehead atoms. The number of hydrogen-bond acceptors (Lipinski definition) is 7. The first-order chi connectivity index (χ1) is 15.2. The number of para-hydroxylation sites is 1. The molecule has 0 saturated heterocycles. The number of hydrazone groups is 1. The molecule has 32 heavy (non-hydrogen) atoms. The zero-order valence-corrected chi connectivity index (χ0v) is 18.1. The summed E-state index contributed by atoms with van der Waals surface area (Å²) in [5.41, 5.74) is 3.02. The van der Waals surface area contributed by atoms with Crippen LogP contribution in [-0.4, -0.2) is 40.7 Å². The summed E-state index contributed by atoms with van der Waals surface area (Å²) in [4.78, 5) is 35.1. The highest BCUT2D eigenvalue weighted by Gasteiger charge is 2.22. The van der Waals surface area contributed by atoms with Gasteiger partial charge < -0.3 is 15.2 Å². The third-order valence-corrected chi connectivity index (χ3v) is 4.41. The van der Waals surface area contributed by atoms with Crippen LogP contribution < -0.4 is 15.5 Å². The molecule has 0 saturated carbocycles. The number of rotatable bonds is 10. The number of aryl methyl sites for hydroxylation is 1. The third-order valence-electron chi connectivity index (χ3n) is 4.41. The van der Waals surface area contributed by atoms with Gasteiger partial charge in [0.15, 0.2) is 6.61 Å². The van der Waals surface area contributed by atoms with Gasteiger partial charge >= 0.3 is 0 Å². The summed E-state index contributed by atoms with van der Waals surface area (Å²) >= 11 is 0. The molecular formula is C22H26N4O6. The smallest absolute Gasteiger partial charge is 0.270 e. The first-order valence-corrected chi connectivity index (χ1v) is 9.95. The standard InChI is InChI=1S/C22H26N4O6/c1-14(2)10-18(24-21(28)13-32-20-7-5-4-6-15(20)3)22(29)25-23-12-16-11-17(26(30)31)8-9-19(16)27/h4-9,11-12,14,18,27H,10,13H2,1-3H3,(H,24,28)(H,25,29)/b23-12-/t18-/m1/s1. The summed E-state index contributed by atoms with van der Waals surface area (Å²) < 4.78 is 5.51. The van der Waals surface area contributed by atoms with Gasteiger partial charge in [0.25, 0.3) is 17.5 Å². The van der Waals surface area contributed by atoms with Crippen LogP contribution in [0.5, 0.6) is 11.5 Å². The molecule has 0 spiro atoms. The molecule has 3 N–H and O–H groups in total. The van der Waals surface area contributed by atoms with E-state index in [9.17, 15) is 24.8 Å². The summed E-state index contributed by atoms with van der Waals surface area (Å²) in [7, 11) is 0. The highest BCUT2D eigenvalue weighted by molar-refractivity contribution is 5.90. The van der Waals surface area contributed by atoms with Crippen molar-refractivity contribution in [1.29, 1.82) is 0 Å². The van der Waals surface area contributed by atoms with Gasteiger partial charge in [-0.2, -0.15) is 5.10 Å². The fraction of sp³-hybridized carbons (Fsp3) is 0.318. The van der Waals surface area contributed by atoms with Crippen molar-refractivity contribution in [3.05, 3.63) is 63.7 Å². The predicted octanol–water partition coefficient (Wildman–Crippen LogP) is 2.67. The van der Waals surface area contributed by atoms with Gasteiger partial charge in [-0.05, 0) is 37.0 Å².